The lowest BCUT2D eigenvalue weighted by Crippen LogP contribution is -2.24. The van der Waals surface area contributed by atoms with E-state index >= 15 is 0 Å². The first-order chi connectivity index (χ1) is 12.5. The van der Waals surface area contributed by atoms with Crippen LogP contribution < -0.4 is 14.8 Å². The van der Waals surface area contributed by atoms with Gasteiger partial charge in [-0.15, -0.1) is 0 Å². The largest absolute Gasteiger partial charge is 0.486 e. The van der Waals surface area contributed by atoms with Crippen LogP contribution in [-0.2, 0) is 22.6 Å². The van der Waals surface area contributed by atoms with Crippen LogP contribution in [0.25, 0.3) is 0 Å². The zero-order valence-corrected chi connectivity index (χ0v) is 14.9. The Morgan fingerprint density at radius 2 is 1.88 bits per heavy atom. The number of likely N-dealkylation sites (N-methyl/N-ethyl adjacent to an activating group) is 1. The molecule has 0 fully saturated rings. The third-order valence-corrected chi connectivity index (χ3v) is 3.70. The smallest absolute Gasteiger partial charge is 0.257 e. The number of ether oxygens (including phenoxy) is 2. The average molecular weight is 359 g/mol. The molecule has 0 aliphatic heterocycles. The Labute approximate surface area is 152 Å². The third-order valence-electron chi connectivity index (χ3n) is 3.70. The molecule has 2 aromatic carbocycles. The van der Waals surface area contributed by atoms with Crippen molar-refractivity contribution in [2.45, 2.75) is 26.4 Å². The van der Waals surface area contributed by atoms with Gasteiger partial charge in [-0.25, -0.2) is 4.39 Å². The van der Waals surface area contributed by atoms with Crippen molar-refractivity contribution < 1.29 is 23.5 Å². The first kappa shape index (κ1) is 19.4. The molecule has 0 spiro atoms. The minimum atomic E-state index is -0.460. The highest BCUT2D eigenvalue weighted by molar-refractivity contribution is 5.77. The van der Waals surface area contributed by atoms with E-state index in [-0.39, 0.29) is 30.7 Å². The first-order valence-corrected chi connectivity index (χ1v) is 8.31. The van der Waals surface area contributed by atoms with Crippen molar-refractivity contribution in [1.29, 1.82) is 0 Å². The zero-order chi connectivity index (χ0) is 18.9. The Morgan fingerprint density at radius 1 is 1.08 bits per heavy atom. The van der Waals surface area contributed by atoms with Crippen molar-refractivity contribution >= 4 is 11.7 Å². The number of aryl methyl sites for hydroxylation is 1. The fourth-order valence-electron chi connectivity index (χ4n) is 2.24. The molecule has 0 heterocycles. The maximum absolute atomic E-state index is 14.1. The van der Waals surface area contributed by atoms with Crippen LogP contribution in [-0.4, -0.2) is 25.3 Å². The van der Waals surface area contributed by atoms with E-state index in [4.69, 9.17) is 9.47 Å². The van der Waals surface area contributed by atoms with Gasteiger partial charge in [0.05, 0.1) is 0 Å². The Bertz CT molecular complexity index is 776. The van der Waals surface area contributed by atoms with Crippen LogP contribution in [0.1, 0.15) is 24.5 Å². The summed E-state index contributed by atoms with van der Waals surface area (Å²) in [5.74, 6) is 0.0731. The predicted octanol–water partition coefficient (Wildman–Crippen LogP) is 3.05. The molecule has 1 amide bonds. The molecular weight excluding hydrogens is 337 g/mol. The summed E-state index contributed by atoms with van der Waals surface area (Å²) in [6.45, 7) is 1.61. The number of rotatable bonds is 9. The molecule has 6 heteroatoms. The second-order valence-corrected chi connectivity index (χ2v) is 5.86. The summed E-state index contributed by atoms with van der Waals surface area (Å²) in [6, 6.07) is 11.8. The van der Waals surface area contributed by atoms with Crippen molar-refractivity contribution in [2.24, 2.45) is 0 Å². The fourth-order valence-corrected chi connectivity index (χ4v) is 2.24. The quantitative estimate of drug-likeness (QED) is 0.747. The molecule has 5 nitrogen and oxygen atoms in total. The average Bonchev–Trinajstić information content (AvgIpc) is 2.64. The van der Waals surface area contributed by atoms with E-state index in [0.717, 1.165) is 11.1 Å². The number of Topliss-reactive ketones (excluding diaryl/α,β-unsaturated/α-hetero) is 1. The van der Waals surface area contributed by atoms with Crippen LogP contribution in [0.3, 0.4) is 0 Å². The van der Waals surface area contributed by atoms with Gasteiger partial charge in [0.25, 0.3) is 5.91 Å². The maximum Gasteiger partial charge on any atom is 0.257 e. The third kappa shape index (κ3) is 6.20. The number of benzene rings is 2. The van der Waals surface area contributed by atoms with E-state index in [2.05, 4.69) is 5.32 Å². The zero-order valence-electron chi connectivity index (χ0n) is 14.9. The Kier molecular flexibility index (Phi) is 7.14. The normalized spacial score (nSPS) is 10.3. The number of amides is 1. The van der Waals surface area contributed by atoms with Gasteiger partial charge in [0, 0.05) is 13.5 Å². The standard InChI is InChI=1S/C20H22FNO4/c1-14(23)6-7-15-8-9-19(18(21)11-15)26-12-16-4-3-5-17(10-16)25-13-20(24)22-2/h3-5,8-11H,6-7,12-13H2,1-2H3,(H,22,24). The van der Waals surface area contributed by atoms with Crippen LogP contribution >= 0.6 is 0 Å². The number of hydrogen-bond donors (Lipinski definition) is 1. The summed E-state index contributed by atoms with van der Waals surface area (Å²) < 4.78 is 25.0. The molecule has 2 rings (SSSR count). The summed E-state index contributed by atoms with van der Waals surface area (Å²) in [7, 11) is 1.54. The summed E-state index contributed by atoms with van der Waals surface area (Å²) in [5, 5.41) is 2.47. The minimum absolute atomic E-state index is 0.0723. The molecule has 0 aliphatic rings. The highest BCUT2D eigenvalue weighted by Gasteiger charge is 2.07. The number of ketones is 1. The van der Waals surface area contributed by atoms with Gasteiger partial charge >= 0.3 is 0 Å². The topological polar surface area (TPSA) is 64.6 Å². The number of hydrogen-bond acceptors (Lipinski definition) is 4. The number of halogens is 1. The van der Waals surface area contributed by atoms with Crippen LogP contribution in [0.15, 0.2) is 42.5 Å². The first-order valence-electron chi connectivity index (χ1n) is 8.31. The number of carbonyl (C=O) groups excluding carboxylic acids is 2. The Balaban J connectivity index is 1.93. The number of carbonyl (C=O) groups is 2. The van der Waals surface area contributed by atoms with E-state index < -0.39 is 5.82 Å². The lowest BCUT2D eigenvalue weighted by molar-refractivity contribution is -0.122. The van der Waals surface area contributed by atoms with Crippen molar-refractivity contribution in [3.63, 3.8) is 0 Å². The molecule has 0 saturated heterocycles. The second kappa shape index (κ2) is 9.56. The van der Waals surface area contributed by atoms with E-state index in [0.29, 0.717) is 18.6 Å². The molecule has 1 N–H and O–H groups in total. The van der Waals surface area contributed by atoms with Gasteiger partial charge in [-0.3, -0.25) is 4.79 Å². The monoisotopic (exact) mass is 359 g/mol. The molecule has 0 unspecified atom stereocenters. The Morgan fingerprint density at radius 3 is 2.58 bits per heavy atom. The van der Waals surface area contributed by atoms with Crippen LogP contribution in [0.2, 0.25) is 0 Å². The van der Waals surface area contributed by atoms with Crippen molar-refractivity contribution in [3.8, 4) is 11.5 Å². The minimum Gasteiger partial charge on any atom is -0.486 e. The molecule has 0 aliphatic carbocycles. The molecule has 0 bridgehead atoms. The van der Waals surface area contributed by atoms with Crippen LogP contribution in [0.4, 0.5) is 4.39 Å². The fraction of sp³-hybridized carbons (Fsp3) is 0.300. The van der Waals surface area contributed by atoms with E-state index in [1.54, 1.807) is 30.3 Å². The highest BCUT2D eigenvalue weighted by Crippen LogP contribution is 2.21. The SMILES string of the molecule is CNC(=O)COc1cccc(COc2ccc(CCC(C)=O)cc2F)c1. The molecule has 0 radical (unpaired) electrons. The molecule has 138 valence electrons. The Hall–Kier alpha value is -2.89. The summed E-state index contributed by atoms with van der Waals surface area (Å²) in [6.07, 6.45) is 0.903. The lowest BCUT2D eigenvalue weighted by Gasteiger charge is -2.10. The van der Waals surface area contributed by atoms with Crippen molar-refractivity contribution in [3.05, 3.63) is 59.4 Å². The lowest BCUT2D eigenvalue weighted by atomic mass is 10.1. The van der Waals surface area contributed by atoms with Crippen molar-refractivity contribution in [1.82, 2.24) is 5.32 Å². The van der Waals surface area contributed by atoms with E-state index in [9.17, 15) is 14.0 Å². The van der Waals surface area contributed by atoms with E-state index in [1.807, 2.05) is 6.07 Å². The molecule has 0 aromatic heterocycles. The van der Waals surface area contributed by atoms with Gasteiger partial charge in [-0.05, 0) is 48.7 Å². The van der Waals surface area contributed by atoms with Crippen LogP contribution in [0, 0.1) is 5.82 Å². The molecule has 2 aromatic rings. The maximum atomic E-state index is 14.1. The predicted molar refractivity (Wildman–Crippen MR) is 95.7 cm³/mol. The molecule has 0 saturated carbocycles. The summed E-state index contributed by atoms with van der Waals surface area (Å²) in [5.41, 5.74) is 1.55. The van der Waals surface area contributed by atoms with Gasteiger partial charge < -0.3 is 19.6 Å². The molecular formula is C20H22FNO4. The number of nitrogens with one attached hydrogen (secondary N) is 1. The second-order valence-electron chi connectivity index (χ2n) is 5.86. The van der Waals surface area contributed by atoms with Gasteiger partial charge in [0.1, 0.15) is 18.1 Å². The van der Waals surface area contributed by atoms with Gasteiger partial charge in [-0.2, -0.15) is 0 Å². The van der Waals surface area contributed by atoms with E-state index in [1.165, 1.54) is 20.0 Å². The van der Waals surface area contributed by atoms with Gasteiger partial charge in [-0.1, -0.05) is 18.2 Å². The highest BCUT2D eigenvalue weighted by atomic mass is 19.1. The summed E-state index contributed by atoms with van der Waals surface area (Å²) >= 11 is 0. The van der Waals surface area contributed by atoms with Crippen molar-refractivity contribution in [2.75, 3.05) is 13.7 Å². The van der Waals surface area contributed by atoms with Gasteiger partial charge in [0.15, 0.2) is 18.2 Å². The molecule has 0 atom stereocenters. The van der Waals surface area contributed by atoms with Gasteiger partial charge in [0.2, 0.25) is 0 Å². The molecule has 26 heavy (non-hydrogen) atoms. The summed E-state index contributed by atoms with van der Waals surface area (Å²) in [4.78, 5) is 22.2. The van der Waals surface area contributed by atoms with Crippen LogP contribution in [0.5, 0.6) is 11.5 Å².